The fraction of sp³-hybridized carbons (Fsp3) is 0.375. The van der Waals surface area contributed by atoms with E-state index in [0.29, 0.717) is 5.56 Å². The topological polar surface area (TPSA) is 77.4 Å². The van der Waals surface area contributed by atoms with Crippen molar-refractivity contribution in [2.75, 3.05) is 26.1 Å². The van der Waals surface area contributed by atoms with Gasteiger partial charge in [0, 0.05) is 30.6 Å². The second kappa shape index (κ2) is 9.47. The summed E-state index contributed by atoms with van der Waals surface area (Å²) in [6.07, 6.45) is -1.25. The van der Waals surface area contributed by atoms with E-state index in [-0.39, 0.29) is 29.6 Å². The Labute approximate surface area is 160 Å². The summed E-state index contributed by atoms with van der Waals surface area (Å²) >= 11 is 0. The van der Waals surface area contributed by atoms with Crippen molar-refractivity contribution in [1.82, 2.24) is 15.1 Å². The van der Waals surface area contributed by atoms with Crippen LogP contribution in [0.4, 0.5) is 18.9 Å². The summed E-state index contributed by atoms with van der Waals surface area (Å²) in [5, 5.41) is 9.51. The molecule has 0 fully saturated rings. The maximum atomic E-state index is 12.5. The van der Waals surface area contributed by atoms with Gasteiger partial charge < -0.3 is 20.1 Å². The van der Waals surface area contributed by atoms with Crippen LogP contribution in [0.1, 0.15) is 11.6 Å². The van der Waals surface area contributed by atoms with Crippen LogP contribution >= 0.6 is 12.4 Å². The number of amides is 1. The van der Waals surface area contributed by atoms with Gasteiger partial charge in [-0.1, -0.05) is 0 Å². The number of hydrogen-bond acceptors (Lipinski definition) is 5. The molecule has 11 heteroatoms. The number of nitrogens with zero attached hydrogens (tertiary/aromatic N) is 2. The molecule has 1 unspecified atom stereocenters. The fourth-order valence-corrected chi connectivity index (χ4v) is 2.28. The normalized spacial score (nSPS) is 12.1. The number of likely N-dealkylation sites (N-methyl/N-ethyl adjacent to an activating group) is 1. The number of benzene rings is 1. The third kappa shape index (κ3) is 6.33. The molecule has 0 spiro atoms. The lowest BCUT2D eigenvalue weighted by molar-refractivity contribution is -0.153. The summed E-state index contributed by atoms with van der Waals surface area (Å²) in [6.45, 7) is -1.46. The highest BCUT2D eigenvalue weighted by Crippen LogP contribution is 2.32. The van der Waals surface area contributed by atoms with E-state index < -0.39 is 24.7 Å². The number of carbonyl (C=O) groups excluding carboxylic acids is 1. The lowest BCUT2D eigenvalue weighted by Crippen LogP contribution is -2.30. The summed E-state index contributed by atoms with van der Waals surface area (Å²) in [4.78, 5) is 12.5. The number of hydrogen-bond donors (Lipinski definition) is 2. The number of rotatable bonds is 7. The number of nitrogens with one attached hydrogen (secondary N) is 2. The number of carbonyl (C=O) groups is 1. The van der Waals surface area contributed by atoms with Gasteiger partial charge >= 0.3 is 6.18 Å². The second-order valence-corrected chi connectivity index (χ2v) is 5.43. The first-order valence-electron chi connectivity index (χ1n) is 7.57. The number of halogens is 4. The van der Waals surface area contributed by atoms with Gasteiger partial charge in [0.15, 0.2) is 18.1 Å². The Kier molecular flexibility index (Phi) is 7.92. The van der Waals surface area contributed by atoms with E-state index in [9.17, 15) is 18.0 Å². The molecule has 150 valence electrons. The molecule has 0 aliphatic rings. The maximum absolute atomic E-state index is 12.5. The Bertz CT molecular complexity index is 768. The molecule has 7 nitrogen and oxygen atoms in total. The van der Waals surface area contributed by atoms with Crippen LogP contribution in [0.5, 0.6) is 11.5 Å². The van der Waals surface area contributed by atoms with Gasteiger partial charge in [-0.2, -0.15) is 18.3 Å². The summed E-state index contributed by atoms with van der Waals surface area (Å²) in [6, 6.07) is 3.52. The van der Waals surface area contributed by atoms with Crippen molar-refractivity contribution in [2.45, 2.75) is 12.2 Å². The van der Waals surface area contributed by atoms with Gasteiger partial charge in [0.25, 0.3) is 0 Å². The van der Waals surface area contributed by atoms with Gasteiger partial charge in [-0.05, 0) is 19.2 Å². The minimum absolute atomic E-state index is 0. The van der Waals surface area contributed by atoms with Gasteiger partial charge in [0.05, 0.1) is 13.3 Å². The first kappa shape index (κ1) is 22.6. The molecule has 0 radical (unpaired) electrons. The number of methoxy groups -OCH3 is 1. The molecule has 1 amide bonds. The van der Waals surface area contributed by atoms with Crippen LogP contribution in [0.15, 0.2) is 30.6 Å². The van der Waals surface area contributed by atoms with E-state index in [1.54, 1.807) is 31.2 Å². The predicted octanol–water partition coefficient (Wildman–Crippen LogP) is 2.69. The van der Waals surface area contributed by atoms with E-state index in [4.69, 9.17) is 9.47 Å². The summed E-state index contributed by atoms with van der Waals surface area (Å²) in [5.41, 5.74) is 0.923. The minimum atomic E-state index is -4.48. The van der Waals surface area contributed by atoms with E-state index in [1.165, 1.54) is 25.3 Å². The third-order valence-electron chi connectivity index (χ3n) is 3.43. The summed E-state index contributed by atoms with van der Waals surface area (Å²) in [5.74, 6) is -0.387. The van der Waals surface area contributed by atoms with Crippen molar-refractivity contribution in [1.29, 1.82) is 0 Å². The SMILES string of the molecule is CNC(C(=O)Nc1ccc(OC)c(OCC(F)(F)F)c1)c1cnn(C)c1.Cl. The van der Waals surface area contributed by atoms with Gasteiger partial charge in [-0.3, -0.25) is 9.48 Å². The summed E-state index contributed by atoms with van der Waals surface area (Å²) < 4.78 is 48.4. The van der Waals surface area contributed by atoms with Gasteiger partial charge in [-0.15, -0.1) is 12.4 Å². The van der Waals surface area contributed by atoms with Crippen LogP contribution in [0.2, 0.25) is 0 Å². The Hall–Kier alpha value is -2.46. The first-order chi connectivity index (χ1) is 12.2. The summed E-state index contributed by atoms with van der Waals surface area (Å²) in [7, 11) is 4.65. The van der Waals surface area contributed by atoms with Crippen molar-refractivity contribution in [3.63, 3.8) is 0 Å². The monoisotopic (exact) mass is 408 g/mol. The van der Waals surface area contributed by atoms with E-state index in [0.717, 1.165) is 0 Å². The highest BCUT2D eigenvalue weighted by molar-refractivity contribution is 5.95. The maximum Gasteiger partial charge on any atom is 0.422 e. The number of aryl methyl sites for hydroxylation is 1. The van der Waals surface area contributed by atoms with E-state index in [2.05, 4.69) is 15.7 Å². The van der Waals surface area contributed by atoms with Crippen molar-refractivity contribution in [2.24, 2.45) is 7.05 Å². The predicted molar refractivity (Wildman–Crippen MR) is 95.4 cm³/mol. The van der Waals surface area contributed by atoms with E-state index in [1.807, 2.05) is 0 Å². The third-order valence-corrected chi connectivity index (χ3v) is 3.43. The number of ether oxygens (including phenoxy) is 2. The first-order valence-corrected chi connectivity index (χ1v) is 7.57. The molecule has 2 N–H and O–H groups in total. The number of alkyl halides is 3. The molecule has 2 aromatic rings. The molecule has 0 aliphatic heterocycles. The van der Waals surface area contributed by atoms with Gasteiger partial charge in [0.2, 0.25) is 5.91 Å². The molecule has 2 rings (SSSR count). The molecule has 0 bridgehead atoms. The second-order valence-electron chi connectivity index (χ2n) is 5.43. The molecule has 0 saturated heterocycles. The quantitative estimate of drug-likeness (QED) is 0.736. The largest absolute Gasteiger partial charge is 0.493 e. The molecule has 27 heavy (non-hydrogen) atoms. The zero-order chi connectivity index (χ0) is 19.3. The Morgan fingerprint density at radius 2 is 2.04 bits per heavy atom. The Morgan fingerprint density at radius 3 is 2.56 bits per heavy atom. The molecule has 0 aliphatic carbocycles. The zero-order valence-corrected chi connectivity index (χ0v) is 15.6. The van der Waals surface area contributed by atoms with Crippen LogP contribution in [0.3, 0.4) is 0 Å². The highest BCUT2D eigenvalue weighted by atomic mass is 35.5. The molecule has 1 atom stereocenters. The average Bonchev–Trinajstić information content (AvgIpc) is 2.99. The Morgan fingerprint density at radius 1 is 1.33 bits per heavy atom. The lowest BCUT2D eigenvalue weighted by atomic mass is 10.1. The van der Waals surface area contributed by atoms with Crippen LogP contribution in [0.25, 0.3) is 0 Å². The van der Waals surface area contributed by atoms with Crippen molar-refractivity contribution in [3.8, 4) is 11.5 Å². The number of aromatic nitrogens is 2. The van der Waals surface area contributed by atoms with Crippen molar-refractivity contribution < 1.29 is 27.4 Å². The average molecular weight is 409 g/mol. The van der Waals surface area contributed by atoms with E-state index >= 15 is 0 Å². The standard InChI is InChI=1S/C16H19F3N4O3.ClH/c1-20-14(10-7-21-23(2)8-10)15(24)22-11-4-5-12(25-3)13(6-11)26-9-16(17,18)19;/h4-8,14,20H,9H2,1-3H3,(H,22,24);1H. The fourth-order valence-electron chi connectivity index (χ4n) is 2.28. The molecule has 1 aromatic heterocycles. The molecule has 1 aromatic carbocycles. The molecular weight excluding hydrogens is 389 g/mol. The van der Waals surface area contributed by atoms with Crippen LogP contribution in [-0.2, 0) is 11.8 Å². The Balaban J connectivity index is 0.00000364. The van der Waals surface area contributed by atoms with Crippen molar-refractivity contribution in [3.05, 3.63) is 36.2 Å². The smallest absolute Gasteiger partial charge is 0.422 e. The highest BCUT2D eigenvalue weighted by Gasteiger charge is 2.29. The number of anilines is 1. The molecular formula is C16H20ClF3N4O3. The van der Waals surface area contributed by atoms with Gasteiger partial charge in [-0.25, -0.2) is 0 Å². The van der Waals surface area contributed by atoms with Crippen molar-refractivity contribution >= 4 is 24.0 Å². The molecule has 1 heterocycles. The van der Waals surface area contributed by atoms with Gasteiger partial charge in [0.1, 0.15) is 6.04 Å². The zero-order valence-electron chi connectivity index (χ0n) is 14.8. The molecule has 0 saturated carbocycles. The van der Waals surface area contributed by atoms with Crippen LogP contribution in [-0.4, -0.2) is 42.6 Å². The minimum Gasteiger partial charge on any atom is -0.493 e. The lowest BCUT2D eigenvalue weighted by Gasteiger charge is -2.17. The van der Waals surface area contributed by atoms with Crippen LogP contribution in [0, 0.1) is 0 Å². The van der Waals surface area contributed by atoms with Crippen LogP contribution < -0.4 is 20.1 Å².